The minimum absolute atomic E-state index is 0. The minimum Gasteiger partial charge on any atom is -0.330 e. The van der Waals surface area contributed by atoms with Gasteiger partial charge in [-0.05, 0) is 44.3 Å². The standard InChI is InChI=1S/C14H21FN2.ClH/c15-14-6-2-1-5-13(14)11-17-9-3-4-12(10-17)7-8-16;/h1-2,5-6,12H,3-4,7-11,16H2;1H. The summed E-state index contributed by atoms with van der Waals surface area (Å²) >= 11 is 0. The predicted octanol–water partition coefficient (Wildman–Crippen LogP) is 2.81. The Morgan fingerprint density at radius 2 is 2.11 bits per heavy atom. The molecule has 1 aromatic carbocycles. The third-order valence-electron chi connectivity index (χ3n) is 3.53. The van der Waals surface area contributed by atoms with Crippen molar-refractivity contribution in [3.63, 3.8) is 0 Å². The summed E-state index contributed by atoms with van der Waals surface area (Å²) in [7, 11) is 0. The first-order valence-electron chi connectivity index (χ1n) is 6.45. The zero-order valence-electron chi connectivity index (χ0n) is 10.6. The van der Waals surface area contributed by atoms with Gasteiger partial charge in [0.05, 0.1) is 0 Å². The van der Waals surface area contributed by atoms with Crippen LogP contribution in [0.4, 0.5) is 4.39 Å². The second-order valence-electron chi connectivity index (χ2n) is 4.91. The van der Waals surface area contributed by atoms with Crippen LogP contribution in [0.1, 0.15) is 24.8 Å². The Kier molecular flexibility index (Phi) is 6.61. The summed E-state index contributed by atoms with van der Waals surface area (Å²) in [6, 6.07) is 7.06. The molecule has 2 rings (SSSR count). The Morgan fingerprint density at radius 3 is 2.83 bits per heavy atom. The van der Waals surface area contributed by atoms with Crippen LogP contribution >= 0.6 is 12.4 Å². The number of rotatable bonds is 4. The maximum atomic E-state index is 13.5. The Labute approximate surface area is 115 Å². The lowest BCUT2D eigenvalue weighted by Crippen LogP contribution is -2.35. The lowest BCUT2D eigenvalue weighted by molar-refractivity contribution is 0.161. The lowest BCUT2D eigenvalue weighted by atomic mass is 9.94. The second kappa shape index (κ2) is 7.72. The van der Waals surface area contributed by atoms with Gasteiger partial charge in [-0.1, -0.05) is 18.2 Å². The van der Waals surface area contributed by atoms with Crippen molar-refractivity contribution in [3.05, 3.63) is 35.6 Å². The van der Waals surface area contributed by atoms with Gasteiger partial charge in [-0.3, -0.25) is 4.90 Å². The number of hydrogen-bond donors (Lipinski definition) is 1. The quantitative estimate of drug-likeness (QED) is 0.913. The molecule has 0 amide bonds. The summed E-state index contributed by atoms with van der Waals surface area (Å²) < 4.78 is 13.5. The highest BCUT2D eigenvalue weighted by molar-refractivity contribution is 5.85. The van der Waals surface area contributed by atoms with E-state index in [9.17, 15) is 4.39 Å². The smallest absolute Gasteiger partial charge is 0.127 e. The monoisotopic (exact) mass is 272 g/mol. The van der Waals surface area contributed by atoms with E-state index in [2.05, 4.69) is 4.90 Å². The topological polar surface area (TPSA) is 29.3 Å². The van der Waals surface area contributed by atoms with Crippen LogP contribution in [0.15, 0.2) is 24.3 Å². The molecule has 1 heterocycles. The fraction of sp³-hybridized carbons (Fsp3) is 0.571. The van der Waals surface area contributed by atoms with E-state index in [1.807, 2.05) is 12.1 Å². The van der Waals surface area contributed by atoms with Crippen molar-refractivity contribution in [2.75, 3.05) is 19.6 Å². The zero-order valence-corrected chi connectivity index (χ0v) is 11.5. The number of nitrogens with two attached hydrogens (primary N) is 1. The van der Waals surface area contributed by atoms with E-state index in [1.165, 1.54) is 18.9 Å². The maximum absolute atomic E-state index is 13.5. The molecule has 1 fully saturated rings. The van der Waals surface area contributed by atoms with Crippen LogP contribution in [0.5, 0.6) is 0 Å². The Hall–Kier alpha value is -0.640. The minimum atomic E-state index is -0.0894. The van der Waals surface area contributed by atoms with Crippen molar-refractivity contribution in [1.82, 2.24) is 4.90 Å². The first-order chi connectivity index (χ1) is 8.29. The molecule has 0 bridgehead atoms. The van der Waals surface area contributed by atoms with Gasteiger partial charge in [0.15, 0.2) is 0 Å². The summed E-state index contributed by atoms with van der Waals surface area (Å²) in [4.78, 5) is 2.35. The van der Waals surface area contributed by atoms with Gasteiger partial charge < -0.3 is 5.73 Å². The van der Waals surface area contributed by atoms with Crippen LogP contribution < -0.4 is 5.73 Å². The molecule has 1 aliphatic heterocycles. The molecule has 1 aliphatic rings. The summed E-state index contributed by atoms with van der Waals surface area (Å²) in [6.45, 7) is 3.63. The summed E-state index contributed by atoms with van der Waals surface area (Å²) in [5.41, 5.74) is 6.41. The average Bonchev–Trinajstić information content (AvgIpc) is 2.33. The van der Waals surface area contributed by atoms with E-state index in [0.29, 0.717) is 5.92 Å². The van der Waals surface area contributed by atoms with Crippen LogP contribution in [-0.4, -0.2) is 24.5 Å². The predicted molar refractivity (Wildman–Crippen MR) is 75.3 cm³/mol. The SMILES string of the molecule is Cl.NCCC1CCCN(Cc2ccccc2F)C1. The number of benzene rings is 1. The molecule has 18 heavy (non-hydrogen) atoms. The van der Waals surface area contributed by atoms with Gasteiger partial charge in [-0.2, -0.15) is 0 Å². The molecule has 0 aliphatic carbocycles. The summed E-state index contributed by atoms with van der Waals surface area (Å²) in [5.74, 6) is 0.606. The van der Waals surface area contributed by atoms with Gasteiger partial charge in [-0.25, -0.2) is 4.39 Å². The van der Waals surface area contributed by atoms with E-state index in [1.54, 1.807) is 6.07 Å². The van der Waals surface area contributed by atoms with E-state index < -0.39 is 0 Å². The Balaban J connectivity index is 0.00000162. The van der Waals surface area contributed by atoms with Crippen LogP contribution in [0.25, 0.3) is 0 Å². The van der Waals surface area contributed by atoms with Crippen LogP contribution in [-0.2, 0) is 6.54 Å². The van der Waals surface area contributed by atoms with Crippen LogP contribution in [0.2, 0.25) is 0 Å². The molecule has 0 spiro atoms. The van der Waals surface area contributed by atoms with Crippen LogP contribution in [0, 0.1) is 11.7 Å². The molecule has 1 aromatic rings. The first-order valence-corrected chi connectivity index (χ1v) is 6.45. The number of hydrogen-bond acceptors (Lipinski definition) is 2. The Bertz CT molecular complexity index is 357. The maximum Gasteiger partial charge on any atom is 0.127 e. The van der Waals surface area contributed by atoms with E-state index in [4.69, 9.17) is 5.73 Å². The molecule has 1 unspecified atom stereocenters. The second-order valence-corrected chi connectivity index (χ2v) is 4.91. The summed E-state index contributed by atoms with van der Waals surface area (Å²) in [5, 5.41) is 0. The normalized spacial score (nSPS) is 20.4. The molecule has 2 nitrogen and oxygen atoms in total. The van der Waals surface area contributed by atoms with E-state index in [-0.39, 0.29) is 18.2 Å². The number of halogens is 2. The molecular formula is C14H22ClFN2. The fourth-order valence-electron chi connectivity index (χ4n) is 2.63. The van der Waals surface area contributed by atoms with Gasteiger partial charge in [-0.15, -0.1) is 12.4 Å². The van der Waals surface area contributed by atoms with Gasteiger partial charge >= 0.3 is 0 Å². The largest absolute Gasteiger partial charge is 0.330 e. The van der Waals surface area contributed by atoms with Gasteiger partial charge in [0.1, 0.15) is 5.82 Å². The molecule has 1 saturated heterocycles. The molecule has 4 heteroatoms. The van der Waals surface area contributed by atoms with E-state index in [0.717, 1.165) is 38.2 Å². The molecule has 1 atom stereocenters. The van der Waals surface area contributed by atoms with Crippen LogP contribution in [0.3, 0.4) is 0 Å². The summed E-state index contributed by atoms with van der Waals surface area (Å²) in [6.07, 6.45) is 3.57. The van der Waals surface area contributed by atoms with Crippen molar-refractivity contribution in [1.29, 1.82) is 0 Å². The Morgan fingerprint density at radius 1 is 1.33 bits per heavy atom. The van der Waals surface area contributed by atoms with Crippen molar-refractivity contribution in [2.45, 2.75) is 25.8 Å². The molecular weight excluding hydrogens is 251 g/mol. The van der Waals surface area contributed by atoms with Crippen molar-refractivity contribution >= 4 is 12.4 Å². The highest BCUT2D eigenvalue weighted by atomic mass is 35.5. The molecule has 2 N–H and O–H groups in total. The average molecular weight is 273 g/mol. The number of likely N-dealkylation sites (tertiary alicyclic amines) is 1. The zero-order chi connectivity index (χ0) is 12.1. The molecule has 0 aromatic heterocycles. The van der Waals surface area contributed by atoms with Gasteiger partial charge in [0, 0.05) is 18.7 Å². The first kappa shape index (κ1) is 15.4. The molecule has 0 saturated carbocycles. The fourth-order valence-corrected chi connectivity index (χ4v) is 2.63. The highest BCUT2D eigenvalue weighted by Gasteiger charge is 2.19. The molecule has 0 radical (unpaired) electrons. The highest BCUT2D eigenvalue weighted by Crippen LogP contribution is 2.21. The third kappa shape index (κ3) is 4.23. The van der Waals surface area contributed by atoms with Crippen molar-refractivity contribution < 1.29 is 4.39 Å². The van der Waals surface area contributed by atoms with Crippen molar-refractivity contribution in [2.24, 2.45) is 11.7 Å². The van der Waals surface area contributed by atoms with Gasteiger partial charge in [0.2, 0.25) is 0 Å². The lowest BCUT2D eigenvalue weighted by Gasteiger charge is -2.32. The van der Waals surface area contributed by atoms with Gasteiger partial charge in [0.25, 0.3) is 0 Å². The number of piperidine rings is 1. The van der Waals surface area contributed by atoms with Crippen molar-refractivity contribution in [3.8, 4) is 0 Å². The molecule has 102 valence electrons. The van der Waals surface area contributed by atoms with E-state index >= 15 is 0 Å². The third-order valence-corrected chi connectivity index (χ3v) is 3.53. The number of nitrogens with zero attached hydrogens (tertiary/aromatic N) is 1.